The zero-order valence-corrected chi connectivity index (χ0v) is 12.8. The number of hydrogen-bond acceptors (Lipinski definition) is 1. The molecule has 7 heteroatoms. The standard InChI is InChI=1S/C14H8F4INO/c1-6-2-3-7(4-10(6)19)20-14(21)8-5-9(15)12(17)13(18)11(8)16/h2-5H,1H3,(H,20,21). The highest BCUT2D eigenvalue weighted by Crippen LogP contribution is 2.21. The second-order valence-electron chi connectivity index (χ2n) is 4.27. The minimum atomic E-state index is -2.02. The molecule has 0 aliphatic rings. The fraction of sp³-hybridized carbons (Fsp3) is 0.0714. The normalized spacial score (nSPS) is 10.6. The van der Waals surface area contributed by atoms with Crippen molar-refractivity contribution in [1.29, 1.82) is 0 Å². The summed E-state index contributed by atoms with van der Waals surface area (Å²) < 4.78 is 53.4. The number of nitrogens with one attached hydrogen (secondary N) is 1. The Morgan fingerprint density at radius 1 is 1.05 bits per heavy atom. The Hall–Kier alpha value is -1.64. The fourth-order valence-electron chi connectivity index (χ4n) is 1.61. The lowest BCUT2D eigenvalue weighted by Gasteiger charge is -2.09. The second-order valence-corrected chi connectivity index (χ2v) is 5.43. The Bertz CT molecular complexity index is 733. The van der Waals surface area contributed by atoms with Crippen LogP contribution < -0.4 is 5.32 Å². The second kappa shape index (κ2) is 6.00. The molecule has 0 radical (unpaired) electrons. The maximum absolute atomic E-state index is 13.5. The van der Waals surface area contributed by atoms with Crippen LogP contribution in [-0.4, -0.2) is 5.91 Å². The molecule has 0 bridgehead atoms. The van der Waals surface area contributed by atoms with Gasteiger partial charge in [0, 0.05) is 9.26 Å². The number of anilines is 1. The average Bonchev–Trinajstić information content (AvgIpc) is 2.44. The Morgan fingerprint density at radius 2 is 1.71 bits per heavy atom. The van der Waals surface area contributed by atoms with Crippen molar-refractivity contribution in [2.24, 2.45) is 0 Å². The van der Waals surface area contributed by atoms with Gasteiger partial charge in [0.2, 0.25) is 0 Å². The summed E-state index contributed by atoms with van der Waals surface area (Å²) >= 11 is 2.04. The molecule has 0 atom stereocenters. The van der Waals surface area contributed by atoms with Gasteiger partial charge in [-0.15, -0.1) is 0 Å². The van der Waals surface area contributed by atoms with Crippen molar-refractivity contribution in [3.8, 4) is 0 Å². The first-order chi connectivity index (χ1) is 9.81. The van der Waals surface area contributed by atoms with Gasteiger partial charge in [0.15, 0.2) is 23.3 Å². The van der Waals surface area contributed by atoms with Gasteiger partial charge in [0.25, 0.3) is 5.91 Å². The van der Waals surface area contributed by atoms with E-state index in [1.165, 1.54) is 0 Å². The van der Waals surface area contributed by atoms with Gasteiger partial charge in [-0.1, -0.05) is 6.07 Å². The van der Waals surface area contributed by atoms with Crippen LogP contribution in [0.5, 0.6) is 0 Å². The number of rotatable bonds is 2. The quantitative estimate of drug-likeness (QED) is 0.339. The average molecular weight is 409 g/mol. The zero-order chi connectivity index (χ0) is 15.7. The monoisotopic (exact) mass is 409 g/mol. The number of amides is 1. The van der Waals surface area contributed by atoms with Crippen molar-refractivity contribution < 1.29 is 22.4 Å². The highest BCUT2D eigenvalue weighted by Gasteiger charge is 2.23. The van der Waals surface area contributed by atoms with Crippen LogP contribution in [-0.2, 0) is 0 Å². The molecule has 2 rings (SSSR count). The minimum Gasteiger partial charge on any atom is -0.322 e. The molecule has 1 N–H and O–H groups in total. The zero-order valence-electron chi connectivity index (χ0n) is 10.6. The predicted octanol–water partition coefficient (Wildman–Crippen LogP) is 4.41. The fourth-order valence-corrected chi connectivity index (χ4v) is 2.12. The molecule has 0 saturated heterocycles. The van der Waals surface area contributed by atoms with Crippen molar-refractivity contribution in [3.63, 3.8) is 0 Å². The maximum Gasteiger partial charge on any atom is 0.258 e. The molecule has 0 heterocycles. The molecule has 0 spiro atoms. The van der Waals surface area contributed by atoms with Gasteiger partial charge in [-0.05, 0) is 53.3 Å². The molecule has 21 heavy (non-hydrogen) atoms. The molecular weight excluding hydrogens is 401 g/mol. The van der Waals surface area contributed by atoms with E-state index in [1.807, 2.05) is 29.5 Å². The van der Waals surface area contributed by atoms with Crippen molar-refractivity contribution >= 4 is 34.2 Å². The van der Waals surface area contributed by atoms with Gasteiger partial charge in [0.1, 0.15) is 0 Å². The highest BCUT2D eigenvalue weighted by molar-refractivity contribution is 14.1. The van der Waals surface area contributed by atoms with E-state index in [9.17, 15) is 22.4 Å². The van der Waals surface area contributed by atoms with Crippen LogP contribution in [0.2, 0.25) is 0 Å². The van der Waals surface area contributed by atoms with Crippen LogP contribution in [0.3, 0.4) is 0 Å². The molecule has 0 aromatic heterocycles. The van der Waals surface area contributed by atoms with Crippen LogP contribution in [0.1, 0.15) is 15.9 Å². The van der Waals surface area contributed by atoms with Gasteiger partial charge in [-0.2, -0.15) is 0 Å². The number of carbonyl (C=O) groups is 1. The lowest BCUT2D eigenvalue weighted by molar-refractivity contribution is 0.102. The van der Waals surface area contributed by atoms with Gasteiger partial charge in [-0.25, -0.2) is 17.6 Å². The van der Waals surface area contributed by atoms with E-state index in [4.69, 9.17) is 0 Å². The number of aryl methyl sites for hydroxylation is 1. The van der Waals surface area contributed by atoms with Crippen molar-refractivity contribution in [3.05, 3.63) is 62.2 Å². The largest absolute Gasteiger partial charge is 0.322 e. The van der Waals surface area contributed by atoms with Gasteiger partial charge in [0.05, 0.1) is 5.56 Å². The molecule has 1 amide bonds. The van der Waals surface area contributed by atoms with Crippen molar-refractivity contribution in [1.82, 2.24) is 0 Å². The van der Waals surface area contributed by atoms with Crippen molar-refractivity contribution in [2.45, 2.75) is 6.92 Å². The van der Waals surface area contributed by atoms with E-state index in [0.717, 1.165) is 9.13 Å². The lowest BCUT2D eigenvalue weighted by Crippen LogP contribution is -2.16. The summed E-state index contributed by atoms with van der Waals surface area (Å²) in [6, 6.07) is 5.22. The Morgan fingerprint density at radius 3 is 2.33 bits per heavy atom. The molecule has 0 saturated carbocycles. The Balaban J connectivity index is 2.35. The summed E-state index contributed by atoms with van der Waals surface area (Å²) in [5, 5.41) is 2.30. The van der Waals surface area contributed by atoms with Crippen LogP contribution >= 0.6 is 22.6 Å². The molecule has 0 aliphatic heterocycles. The van der Waals surface area contributed by atoms with Crippen LogP contribution in [0.4, 0.5) is 23.2 Å². The number of halogens is 5. The molecule has 0 aliphatic carbocycles. The van der Waals surface area contributed by atoms with E-state index in [1.54, 1.807) is 18.2 Å². The highest BCUT2D eigenvalue weighted by atomic mass is 127. The smallest absolute Gasteiger partial charge is 0.258 e. The first-order valence-corrected chi connectivity index (χ1v) is 6.79. The summed E-state index contributed by atoms with van der Waals surface area (Å²) in [4.78, 5) is 11.8. The van der Waals surface area contributed by atoms with Crippen LogP contribution in [0.15, 0.2) is 24.3 Å². The summed E-state index contributed by atoms with van der Waals surface area (Å²) in [5.74, 6) is -8.39. The summed E-state index contributed by atoms with van der Waals surface area (Å²) in [6.07, 6.45) is 0. The third-order valence-electron chi connectivity index (χ3n) is 2.78. The third-order valence-corrected chi connectivity index (χ3v) is 3.94. The summed E-state index contributed by atoms with van der Waals surface area (Å²) in [5.41, 5.74) is 0.403. The van der Waals surface area contributed by atoms with Crippen LogP contribution in [0.25, 0.3) is 0 Å². The Labute approximate surface area is 131 Å². The predicted molar refractivity (Wildman–Crippen MR) is 78.1 cm³/mol. The molecule has 0 unspecified atom stereocenters. The topological polar surface area (TPSA) is 29.1 Å². The van der Waals surface area contributed by atoms with E-state index in [0.29, 0.717) is 11.8 Å². The van der Waals surface area contributed by atoms with E-state index >= 15 is 0 Å². The first kappa shape index (κ1) is 15.7. The Kier molecular flexibility index (Phi) is 4.50. The molecule has 0 fully saturated rings. The molecular formula is C14H8F4INO. The summed E-state index contributed by atoms with van der Waals surface area (Å²) in [7, 11) is 0. The summed E-state index contributed by atoms with van der Waals surface area (Å²) in [6.45, 7) is 1.86. The number of carbonyl (C=O) groups excluding carboxylic acids is 1. The molecule has 2 aromatic carbocycles. The van der Waals surface area contributed by atoms with Gasteiger partial charge < -0.3 is 5.32 Å². The van der Waals surface area contributed by atoms with Crippen LogP contribution in [0, 0.1) is 33.8 Å². The van der Waals surface area contributed by atoms with Gasteiger partial charge >= 0.3 is 0 Å². The van der Waals surface area contributed by atoms with E-state index in [2.05, 4.69) is 5.32 Å². The van der Waals surface area contributed by atoms with Gasteiger partial charge in [-0.3, -0.25) is 4.79 Å². The lowest BCUT2D eigenvalue weighted by atomic mass is 10.1. The SMILES string of the molecule is Cc1ccc(NC(=O)c2cc(F)c(F)c(F)c2F)cc1I. The minimum absolute atomic E-state index is 0.322. The third kappa shape index (κ3) is 3.17. The molecule has 110 valence electrons. The maximum atomic E-state index is 13.5. The van der Waals surface area contributed by atoms with E-state index in [-0.39, 0.29) is 0 Å². The molecule has 2 nitrogen and oxygen atoms in total. The van der Waals surface area contributed by atoms with Crippen molar-refractivity contribution in [2.75, 3.05) is 5.32 Å². The number of hydrogen-bond donors (Lipinski definition) is 1. The molecule has 2 aromatic rings. The number of benzene rings is 2. The first-order valence-electron chi connectivity index (χ1n) is 5.71. The van der Waals surface area contributed by atoms with E-state index < -0.39 is 34.7 Å².